The maximum atomic E-state index is 6.78. The van der Waals surface area contributed by atoms with E-state index < -0.39 is 11.8 Å². The highest BCUT2D eigenvalue weighted by Crippen LogP contribution is 2.40. The number of fused-ring (bicyclic) bond motifs is 1. The third kappa shape index (κ3) is 2.06. The SMILES string of the molecule is NC1(c2nn[nH]n2)C(c2cn[nH]n2)OCCN1c1ncc2[nH]cnc2n1. The van der Waals surface area contributed by atoms with Crippen LogP contribution in [0.5, 0.6) is 0 Å². The van der Waals surface area contributed by atoms with Gasteiger partial charge in [-0.05, 0) is 0 Å². The fourth-order valence-corrected chi connectivity index (χ4v) is 3.06. The smallest absolute Gasteiger partial charge is 0.229 e. The summed E-state index contributed by atoms with van der Waals surface area (Å²) in [6.45, 7) is 0.783. The molecule has 0 saturated carbocycles. The summed E-state index contributed by atoms with van der Waals surface area (Å²) in [5.74, 6) is 0.588. The molecular weight excluding hydrogens is 342 g/mol. The van der Waals surface area contributed by atoms with Gasteiger partial charge in [-0.15, -0.1) is 10.2 Å². The van der Waals surface area contributed by atoms with Crippen molar-refractivity contribution in [3.05, 3.63) is 30.2 Å². The Balaban J connectivity index is 1.67. The number of anilines is 1. The van der Waals surface area contributed by atoms with Crippen LogP contribution in [-0.4, -0.2) is 69.1 Å². The van der Waals surface area contributed by atoms with Crippen LogP contribution in [0.4, 0.5) is 5.95 Å². The molecule has 132 valence electrons. The van der Waals surface area contributed by atoms with Crippen LogP contribution in [0.1, 0.15) is 17.6 Å². The number of ether oxygens (including phenoxy) is 1. The highest BCUT2D eigenvalue weighted by molar-refractivity contribution is 5.70. The fraction of sp³-hybridized carbons (Fsp3) is 0.333. The second-order valence-electron chi connectivity index (χ2n) is 5.67. The number of nitrogens with one attached hydrogen (secondary N) is 3. The predicted molar refractivity (Wildman–Crippen MR) is 84.1 cm³/mol. The van der Waals surface area contributed by atoms with Gasteiger partial charge >= 0.3 is 0 Å². The lowest BCUT2D eigenvalue weighted by Crippen LogP contribution is -2.63. The van der Waals surface area contributed by atoms with Gasteiger partial charge < -0.3 is 14.6 Å². The van der Waals surface area contributed by atoms with Crippen LogP contribution in [0.15, 0.2) is 18.7 Å². The first-order valence-corrected chi connectivity index (χ1v) is 7.70. The Morgan fingerprint density at radius 3 is 3.00 bits per heavy atom. The number of H-pyrrole nitrogens is 3. The highest BCUT2D eigenvalue weighted by atomic mass is 16.5. The molecular formula is C12H13N13O. The Hall–Kier alpha value is -3.52. The van der Waals surface area contributed by atoms with Gasteiger partial charge in [0.15, 0.2) is 11.3 Å². The van der Waals surface area contributed by atoms with Crippen molar-refractivity contribution >= 4 is 17.1 Å². The molecule has 0 aliphatic carbocycles. The average Bonchev–Trinajstić information content (AvgIpc) is 3.43. The van der Waals surface area contributed by atoms with E-state index in [-0.39, 0.29) is 5.82 Å². The van der Waals surface area contributed by atoms with E-state index in [2.05, 4.69) is 56.0 Å². The Bertz CT molecular complexity index is 1010. The molecule has 14 nitrogen and oxygen atoms in total. The molecule has 0 spiro atoms. The highest BCUT2D eigenvalue weighted by Gasteiger charge is 2.52. The molecule has 26 heavy (non-hydrogen) atoms. The molecule has 0 amide bonds. The van der Waals surface area contributed by atoms with Gasteiger partial charge in [0.2, 0.25) is 11.8 Å². The molecule has 1 aliphatic heterocycles. The molecule has 1 aliphatic rings. The number of hydrogen-bond acceptors (Lipinski definition) is 11. The van der Waals surface area contributed by atoms with Gasteiger partial charge in [-0.1, -0.05) is 5.21 Å². The molecule has 4 aromatic rings. The summed E-state index contributed by atoms with van der Waals surface area (Å²) in [6, 6.07) is 0. The lowest BCUT2D eigenvalue weighted by Gasteiger charge is -2.46. The van der Waals surface area contributed by atoms with Crippen molar-refractivity contribution in [2.45, 2.75) is 11.8 Å². The van der Waals surface area contributed by atoms with Gasteiger partial charge in [0.25, 0.3) is 0 Å². The van der Waals surface area contributed by atoms with E-state index in [0.29, 0.717) is 30.4 Å². The second kappa shape index (κ2) is 5.50. The quantitative estimate of drug-likeness (QED) is 0.330. The van der Waals surface area contributed by atoms with Crippen molar-refractivity contribution in [2.75, 3.05) is 18.1 Å². The van der Waals surface area contributed by atoms with Gasteiger partial charge in [0.05, 0.1) is 25.3 Å². The minimum Gasteiger partial charge on any atom is -0.365 e. The first kappa shape index (κ1) is 14.8. The van der Waals surface area contributed by atoms with Gasteiger partial charge in [0, 0.05) is 6.54 Å². The zero-order chi connectivity index (χ0) is 17.6. The van der Waals surface area contributed by atoms with Crippen LogP contribution in [0.25, 0.3) is 11.2 Å². The number of aromatic nitrogens is 11. The standard InChI is InChI=1S/C12H13N13O/c13-12(10-20-23-24-21-10)8(6-4-17-22-19-6)26-2-1-25(12)11-14-3-7-9(18-11)16-5-15-7/h3-5,8H,1-2,13H2,(H,17,19,22)(H,14,15,16,18)(H,20,21,23,24). The molecule has 4 aromatic heterocycles. The summed E-state index contributed by atoms with van der Waals surface area (Å²) in [7, 11) is 0. The molecule has 1 saturated heterocycles. The number of aromatic amines is 3. The molecule has 2 unspecified atom stereocenters. The lowest BCUT2D eigenvalue weighted by atomic mass is 9.96. The van der Waals surface area contributed by atoms with Crippen LogP contribution in [0.2, 0.25) is 0 Å². The van der Waals surface area contributed by atoms with Crippen molar-refractivity contribution in [1.29, 1.82) is 0 Å². The van der Waals surface area contributed by atoms with E-state index >= 15 is 0 Å². The number of rotatable bonds is 3. The first-order valence-electron chi connectivity index (χ1n) is 7.70. The van der Waals surface area contributed by atoms with Crippen molar-refractivity contribution < 1.29 is 4.74 Å². The van der Waals surface area contributed by atoms with Crippen molar-refractivity contribution in [3.8, 4) is 0 Å². The monoisotopic (exact) mass is 355 g/mol. The molecule has 0 bridgehead atoms. The summed E-state index contributed by atoms with van der Waals surface area (Å²) < 4.78 is 5.90. The Morgan fingerprint density at radius 1 is 1.23 bits per heavy atom. The topological polar surface area (TPSA) is 189 Å². The molecule has 14 heteroatoms. The Labute approximate surface area is 144 Å². The largest absolute Gasteiger partial charge is 0.365 e. The average molecular weight is 355 g/mol. The number of nitrogens with zero attached hydrogens (tertiary/aromatic N) is 9. The summed E-state index contributed by atoms with van der Waals surface area (Å²) >= 11 is 0. The third-order valence-electron chi connectivity index (χ3n) is 4.26. The molecule has 0 radical (unpaired) electrons. The fourth-order valence-electron chi connectivity index (χ4n) is 3.06. The molecule has 5 N–H and O–H groups in total. The Kier molecular flexibility index (Phi) is 3.13. The van der Waals surface area contributed by atoms with Crippen LogP contribution >= 0.6 is 0 Å². The normalized spacial score (nSPS) is 23.6. The number of tetrazole rings is 1. The maximum Gasteiger partial charge on any atom is 0.229 e. The Morgan fingerprint density at radius 2 is 2.19 bits per heavy atom. The van der Waals surface area contributed by atoms with Crippen molar-refractivity contribution in [1.82, 2.24) is 56.0 Å². The van der Waals surface area contributed by atoms with E-state index in [1.54, 1.807) is 17.4 Å². The number of nitrogens with two attached hydrogens (primary N) is 1. The summed E-state index contributed by atoms with van der Waals surface area (Å²) in [5, 5.41) is 24.7. The number of morpholine rings is 1. The molecule has 0 aromatic carbocycles. The minimum atomic E-state index is -1.36. The molecule has 5 heterocycles. The minimum absolute atomic E-state index is 0.218. The van der Waals surface area contributed by atoms with Gasteiger partial charge in [-0.3, -0.25) is 5.73 Å². The summed E-state index contributed by atoms with van der Waals surface area (Å²) in [6.07, 6.45) is 4.01. The van der Waals surface area contributed by atoms with E-state index in [9.17, 15) is 0 Å². The van der Waals surface area contributed by atoms with Crippen molar-refractivity contribution in [3.63, 3.8) is 0 Å². The van der Waals surface area contributed by atoms with Gasteiger partial charge in [0.1, 0.15) is 17.3 Å². The summed E-state index contributed by atoms with van der Waals surface area (Å²) in [4.78, 5) is 17.8. The lowest BCUT2D eigenvalue weighted by molar-refractivity contribution is -0.0411. The zero-order valence-corrected chi connectivity index (χ0v) is 13.2. The number of imidazole rings is 1. The number of hydrogen-bond donors (Lipinski definition) is 4. The maximum absolute atomic E-state index is 6.78. The van der Waals surface area contributed by atoms with E-state index in [1.165, 1.54) is 6.20 Å². The zero-order valence-electron chi connectivity index (χ0n) is 13.2. The van der Waals surface area contributed by atoms with Gasteiger partial charge in [-0.2, -0.15) is 25.6 Å². The molecule has 2 atom stereocenters. The predicted octanol–water partition coefficient (Wildman–Crippen LogP) is -1.63. The van der Waals surface area contributed by atoms with E-state index in [0.717, 1.165) is 5.52 Å². The molecule has 5 rings (SSSR count). The van der Waals surface area contributed by atoms with Crippen LogP contribution in [0.3, 0.4) is 0 Å². The van der Waals surface area contributed by atoms with Crippen molar-refractivity contribution in [2.24, 2.45) is 5.73 Å². The van der Waals surface area contributed by atoms with Crippen LogP contribution in [0, 0.1) is 0 Å². The first-order chi connectivity index (χ1) is 12.8. The molecule has 1 fully saturated rings. The van der Waals surface area contributed by atoms with E-state index in [4.69, 9.17) is 10.5 Å². The van der Waals surface area contributed by atoms with Crippen LogP contribution < -0.4 is 10.6 Å². The van der Waals surface area contributed by atoms with E-state index in [1.807, 2.05) is 0 Å². The summed E-state index contributed by atoms with van der Waals surface area (Å²) in [5.41, 5.74) is 7.17. The third-order valence-corrected chi connectivity index (χ3v) is 4.26. The van der Waals surface area contributed by atoms with Crippen LogP contribution in [-0.2, 0) is 10.4 Å². The second-order valence-corrected chi connectivity index (χ2v) is 5.67. The van der Waals surface area contributed by atoms with Gasteiger partial charge in [-0.25, -0.2) is 9.97 Å².